The SMILES string of the molecule is CCC(C)Oc1ccc(CNCC2CC2)cc1OC. The summed E-state index contributed by atoms with van der Waals surface area (Å²) in [5.41, 5.74) is 1.24. The fraction of sp³-hybridized carbons (Fsp3) is 0.625. The standard InChI is InChI=1S/C16H25NO2/c1-4-12(2)19-15-8-7-14(9-16(15)18-3)11-17-10-13-5-6-13/h7-9,12-13,17H,4-6,10-11H2,1-3H3. The van der Waals surface area contributed by atoms with Crippen molar-refractivity contribution in [2.75, 3.05) is 13.7 Å². The number of hydrogen-bond acceptors (Lipinski definition) is 3. The Hall–Kier alpha value is -1.22. The lowest BCUT2D eigenvalue weighted by atomic mass is 10.2. The zero-order valence-corrected chi connectivity index (χ0v) is 12.2. The average molecular weight is 263 g/mol. The monoisotopic (exact) mass is 263 g/mol. The molecule has 3 heteroatoms. The second-order valence-corrected chi connectivity index (χ2v) is 5.40. The molecule has 1 aromatic carbocycles. The molecule has 0 saturated heterocycles. The number of nitrogens with one attached hydrogen (secondary N) is 1. The smallest absolute Gasteiger partial charge is 0.161 e. The summed E-state index contributed by atoms with van der Waals surface area (Å²) in [5, 5.41) is 3.49. The van der Waals surface area contributed by atoms with E-state index < -0.39 is 0 Å². The molecule has 0 aromatic heterocycles. The summed E-state index contributed by atoms with van der Waals surface area (Å²) in [7, 11) is 1.69. The lowest BCUT2D eigenvalue weighted by Gasteiger charge is -2.16. The van der Waals surface area contributed by atoms with Crippen LogP contribution in [0.25, 0.3) is 0 Å². The molecule has 0 heterocycles. The average Bonchev–Trinajstić information content (AvgIpc) is 3.24. The van der Waals surface area contributed by atoms with E-state index in [0.29, 0.717) is 0 Å². The van der Waals surface area contributed by atoms with Gasteiger partial charge >= 0.3 is 0 Å². The summed E-state index contributed by atoms with van der Waals surface area (Å²) in [6.07, 6.45) is 3.98. The first-order valence-electron chi connectivity index (χ1n) is 7.27. The molecule has 106 valence electrons. The molecule has 1 saturated carbocycles. The van der Waals surface area contributed by atoms with Crippen molar-refractivity contribution < 1.29 is 9.47 Å². The van der Waals surface area contributed by atoms with Gasteiger partial charge in [-0.1, -0.05) is 13.0 Å². The number of rotatable bonds is 8. The van der Waals surface area contributed by atoms with Gasteiger partial charge in [-0.15, -0.1) is 0 Å². The van der Waals surface area contributed by atoms with Gasteiger partial charge in [-0.2, -0.15) is 0 Å². The molecule has 1 fully saturated rings. The highest BCUT2D eigenvalue weighted by Crippen LogP contribution is 2.30. The minimum Gasteiger partial charge on any atom is -0.493 e. The van der Waals surface area contributed by atoms with E-state index in [4.69, 9.17) is 9.47 Å². The molecule has 19 heavy (non-hydrogen) atoms. The topological polar surface area (TPSA) is 30.5 Å². The van der Waals surface area contributed by atoms with Gasteiger partial charge in [-0.3, -0.25) is 0 Å². The van der Waals surface area contributed by atoms with E-state index >= 15 is 0 Å². The van der Waals surface area contributed by atoms with Crippen LogP contribution in [0, 0.1) is 5.92 Å². The van der Waals surface area contributed by atoms with E-state index in [1.165, 1.54) is 18.4 Å². The van der Waals surface area contributed by atoms with Crippen LogP contribution in [0.2, 0.25) is 0 Å². The zero-order chi connectivity index (χ0) is 13.7. The molecular weight excluding hydrogens is 238 g/mol. The van der Waals surface area contributed by atoms with E-state index in [0.717, 1.165) is 36.9 Å². The predicted molar refractivity (Wildman–Crippen MR) is 77.8 cm³/mol. The van der Waals surface area contributed by atoms with Crippen LogP contribution in [-0.2, 0) is 6.54 Å². The van der Waals surface area contributed by atoms with Crippen LogP contribution < -0.4 is 14.8 Å². The highest BCUT2D eigenvalue weighted by molar-refractivity contribution is 5.43. The minimum atomic E-state index is 0.216. The highest BCUT2D eigenvalue weighted by atomic mass is 16.5. The van der Waals surface area contributed by atoms with Gasteiger partial charge in [0.05, 0.1) is 13.2 Å². The molecule has 0 spiro atoms. The molecule has 1 aliphatic carbocycles. The number of benzene rings is 1. The van der Waals surface area contributed by atoms with Crippen LogP contribution >= 0.6 is 0 Å². The number of methoxy groups -OCH3 is 1. The summed E-state index contributed by atoms with van der Waals surface area (Å²) < 4.78 is 11.3. The summed E-state index contributed by atoms with van der Waals surface area (Å²) >= 11 is 0. The lowest BCUT2D eigenvalue weighted by Crippen LogP contribution is -2.16. The third-order valence-corrected chi connectivity index (χ3v) is 3.59. The van der Waals surface area contributed by atoms with Crippen LogP contribution in [-0.4, -0.2) is 19.8 Å². The Labute approximate surface area is 116 Å². The van der Waals surface area contributed by atoms with Crippen molar-refractivity contribution in [2.24, 2.45) is 5.92 Å². The van der Waals surface area contributed by atoms with Gasteiger partial charge in [0, 0.05) is 6.54 Å². The Morgan fingerprint density at radius 1 is 1.32 bits per heavy atom. The summed E-state index contributed by atoms with van der Waals surface area (Å²) in [6, 6.07) is 6.19. The van der Waals surface area contributed by atoms with Gasteiger partial charge in [0.2, 0.25) is 0 Å². The fourth-order valence-electron chi connectivity index (χ4n) is 1.96. The molecule has 0 radical (unpaired) electrons. The molecule has 1 unspecified atom stereocenters. The summed E-state index contributed by atoms with van der Waals surface area (Å²) in [5.74, 6) is 2.57. The van der Waals surface area contributed by atoms with E-state index in [1.807, 2.05) is 6.07 Å². The molecular formula is C16H25NO2. The van der Waals surface area contributed by atoms with Gasteiger partial charge in [0.15, 0.2) is 11.5 Å². The highest BCUT2D eigenvalue weighted by Gasteiger charge is 2.20. The van der Waals surface area contributed by atoms with Crippen LogP contribution in [0.4, 0.5) is 0 Å². The van der Waals surface area contributed by atoms with Crippen LogP contribution in [0.5, 0.6) is 11.5 Å². The van der Waals surface area contributed by atoms with Crippen molar-refractivity contribution in [2.45, 2.75) is 45.8 Å². The van der Waals surface area contributed by atoms with E-state index in [-0.39, 0.29) is 6.10 Å². The Balaban J connectivity index is 1.93. The number of hydrogen-bond donors (Lipinski definition) is 1. The second-order valence-electron chi connectivity index (χ2n) is 5.40. The van der Waals surface area contributed by atoms with Gasteiger partial charge < -0.3 is 14.8 Å². The molecule has 0 bridgehead atoms. The van der Waals surface area contributed by atoms with Gasteiger partial charge in [0.1, 0.15) is 0 Å². The van der Waals surface area contributed by atoms with Crippen molar-refractivity contribution in [3.05, 3.63) is 23.8 Å². The number of ether oxygens (including phenoxy) is 2. The summed E-state index contributed by atoms with van der Waals surface area (Å²) in [6.45, 7) is 6.22. The Morgan fingerprint density at radius 2 is 2.11 bits per heavy atom. The van der Waals surface area contributed by atoms with Gasteiger partial charge in [-0.05, 0) is 56.3 Å². The maximum Gasteiger partial charge on any atom is 0.161 e. The molecule has 1 N–H and O–H groups in total. The summed E-state index contributed by atoms with van der Waals surface area (Å²) in [4.78, 5) is 0. The molecule has 0 aliphatic heterocycles. The molecule has 2 rings (SSSR count). The second kappa shape index (κ2) is 6.80. The van der Waals surface area contributed by atoms with E-state index in [2.05, 4.69) is 31.3 Å². The maximum atomic E-state index is 5.85. The lowest BCUT2D eigenvalue weighted by molar-refractivity contribution is 0.207. The molecule has 1 aromatic rings. The normalized spacial score (nSPS) is 16.2. The third-order valence-electron chi connectivity index (χ3n) is 3.59. The van der Waals surface area contributed by atoms with Gasteiger partial charge in [0.25, 0.3) is 0 Å². The first kappa shape index (κ1) is 14.2. The van der Waals surface area contributed by atoms with E-state index in [9.17, 15) is 0 Å². The maximum absolute atomic E-state index is 5.85. The Bertz CT molecular complexity index is 402. The third kappa shape index (κ3) is 4.43. The van der Waals surface area contributed by atoms with Crippen LogP contribution in [0.15, 0.2) is 18.2 Å². The van der Waals surface area contributed by atoms with E-state index in [1.54, 1.807) is 7.11 Å². The quantitative estimate of drug-likeness (QED) is 0.780. The van der Waals surface area contributed by atoms with Gasteiger partial charge in [-0.25, -0.2) is 0 Å². The Kier molecular flexibility index (Phi) is 5.08. The van der Waals surface area contributed by atoms with Crippen molar-refractivity contribution in [3.8, 4) is 11.5 Å². The first-order chi connectivity index (χ1) is 9.22. The zero-order valence-electron chi connectivity index (χ0n) is 12.2. The van der Waals surface area contributed by atoms with Crippen molar-refractivity contribution in [1.29, 1.82) is 0 Å². The van der Waals surface area contributed by atoms with Crippen molar-refractivity contribution in [1.82, 2.24) is 5.32 Å². The molecule has 1 aliphatic rings. The molecule has 0 amide bonds. The van der Waals surface area contributed by atoms with Crippen molar-refractivity contribution in [3.63, 3.8) is 0 Å². The molecule has 1 atom stereocenters. The largest absolute Gasteiger partial charge is 0.493 e. The predicted octanol–water partition coefficient (Wildman–Crippen LogP) is 3.37. The fourth-order valence-corrected chi connectivity index (χ4v) is 1.96. The van der Waals surface area contributed by atoms with Crippen LogP contribution in [0.3, 0.4) is 0 Å². The van der Waals surface area contributed by atoms with Crippen LogP contribution in [0.1, 0.15) is 38.7 Å². The Morgan fingerprint density at radius 3 is 2.74 bits per heavy atom. The minimum absolute atomic E-state index is 0.216. The first-order valence-corrected chi connectivity index (χ1v) is 7.27. The molecule has 3 nitrogen and oxygen atoms in total. The van der Waals surface area contributed by atoms with Crippen molar-refractivity contribution >= 4 is 0 Å².